The summed E-state index contributed by atoms with van der Waals surface area (Å²) in [6.45, 7) is 2.50. The lowest BCUT2D eigenvalue weighted by Gasteiger charge is -2.21. The van der Waals surface area contributed by atoms with Crippen molar-refractivity contribution in [3.05, 3.63) is 29.8 Å². The van der Waals surface area contributed by atoms with Crippen molar-refractivity contribution in [2.75, 3.05) is 6.61 Å². The fourth-order valence-electron chi connectivity index (χ4n) is 2.13. The molecule has 1 heterocycles. The van der Waals surface area contributed by atoms with Crippen molar-refractivity contribution in [2.45, 2.75) is 32.2 Å². The molecule has 1 aromatic carbocycles. The van der Waals surface area contributed by atoms with Crippen LogP contribution in [0, 0.1) is 0 Å². The van der Waals surface area contributed by atoms with Gasteiger partial charge < -0.3 is 10.1 Å². The van der Waals surface area contributed by atoms with Gasteiger partial charge in [-0.05, 0) is 31.0 Å². The fourth-order valence-corrected chi connectivity index (χ4v) is 2.13. The number of piperidine rings is 1. The first kappa shape index (κ1) is 15.0. The molecule has 0 aliphatic carbocycles. The van der Waals surface area contributed by atoms with E-state index in [1.54, 1.807) is 12.1 Å². The normalized spacial score (nSPS) is 18.0. The molecule has 1 aliphatic rings. The highest BCUT2D eigenvalue weighted by Crippen LogP contribution is 2.12. The van der Waals surface area contributed by atoms with E-state index >= 15 is 0 Å². The van der Waals surface area contributed by atoms with Gasteiger partial charge in [-0.1, -0.05) is 12.1 Å². The maximum absolute atomic E-state index is 11.9. The van der Waals surface area contributed by atoms with Crippen LogP contribution in [0.5, 0.6) is 5.75 Å². The lowest BCUT2D eigenvalue weighted by Crippen LogP contribution is -2.52. The predicted molar refractivity (Wildman–Crippen MR) is 75.6 cm³/mol. The first-order valence-electron chi connectivity index (χ1n) is 6.93. The highest BCUT2D eigenvalue weighted by Gasteiger charge is 2.27. The quantitative estimate of drug-likeness (QED) is 0.776. The van der Waals surface area contributed by atoms with Gasteiger partial charge in [0.1, 0.15) is 11.8 Å². The van der Waals surface area contributed by atoms with Gasteiger partial charge in [-0.25, -0.2) is 0 Å². The molecule has 6 nitrogen and oxygen atoms in total. The van der Waals surface area contributed by atoms with E-state index in [1.165, 1.54) is 0 Å². The summed E-state index contributed by atoms with van der Waals surface area (Å²) < 4.78 is 5.33. The Morgan fingerprint density at radius 3 is 2.67 bits per heavy atom. The van der Waals surface area contributed by atoms with Crippen LogP contribution in [0.1, 0.15) is 25.3 Å². The lowest BCUT2D eigenvalue weighted by atomic mass is 10.1. The van der Waals surface area contributed by atoms with Gasteiger partial charge in [0.2, 0.25) is 17.7 Å². The number of ether oxygens (including phenoxy) is 1. The van der Waals surface area contributed by atoms with Gasteiger partial charge in [0.25, 0.3) is 0 Å². The maximum atomic E-state index is 11.9. The number of hydrogen-bond acceptors (Lipinski definition) is 4. The second-order valence-corrected chi connectivity index (χ2v) is 4.82. The van der Waals surface area contributed by atoms with Crippen LogP contribution in [0.25, 0.3) is 0 Å². The minimum atomic E-state index is -0.627. The summed E-state index contributed by atoms with van der Waals surface area (Å²) in [7, 11) is 0. The molecule has 1 unspecified atom stereocenters. The number of carbonyl (C=O) groups is 3. The third kappa shape index (κ3) is 4.30. The smallest absolute Gasteiger partial charge is 0.249 e. The van der Waals surface area contributed by atoms with Gasteiger partial charge in [-0.3, -0.25) is 19.7 Å². The standard InChI is InChI=1S/C15H18N2O4/c1-2-21-11-5-3-10(4-6-11)9-14(19)16-12-7-8-13(18)17-15(12)20/h3-6,12H,2,7-9H2,1H3,(H,16,19)(H,17,18,20). The third-order valence-corrected chi connectivity index (χ3v) is 3.17. The summed E-state index contributed by atoms with van der Waals surface area (Å²) in [5, 5.41) is 4.85. The highest BCUT2D eigenvalue weighted by molar-refractivity contribution is 6.01. The molecule has 0 bridgehead atoms. The minimum absolute atomic E-state index is 0.185. The van der Waals surface area contributed by atoms with Gasteiger partial charge in [0.15, 0.2) is 0 Å². The maximum Gasteiger partial charge on any atom is 0.249 e. The first-order chi connectivity index (χ1) is 10.1. The molecule has 0 saturated carbocycles. The largest absolute Gasteiger partial charge is 0.494 e. The summed E-state index contributed by atoms with van der Waals surface area (Å²) in [5.74, 6) is -0.219. The Hall–Kier alpha value is -2.37. The summed E-state index contributed by atoms with van der Waals surface area (Å²) in [6.07, 6.45) is 0.781. The molecule has 0 spiro atoms. The predicted octanol–water partition coefficient (Wildman–Crippen LogP) is 0.549. The number of imide groups is 1. The zero-order chi connectivity index (χ0) is 15.2. The van der Waals surface area contributed by atoms with Crippen molar-refractivity contribution in [3.8, 4) is 5.75 Å². The molecule has 1 atom stereocenters. The van der Waals surface area contributed by atoms with E-state index in [2.05, 4.69) is 10.6 Å². The fraction of sp³-hybridized carbons (Fsp3) is 0.400. The molecule has 0 radical (unpaired) electrons. The number of amides is 3. The lowest BCUT2D eigenvalue weighted by molar-refractivity contribution is -0.137. The van der Waals surface area contributed by atoms with Gasteiger partial charge >= 0.3 is 0 Å². The van der Waals surface area contributed by atoms with Crippen LogP contribution in [-0.2, 0) is 20.8 Å². The van der Waals surface area contributed by atoms with Crippen LogP contribution >= 0.6 is 0 Å². The van der Waals surface area contributed by atoms with Crippen molar-refractivity contribution in [1.82, 2.24) is 10.6 Å². The Morgan fingerprint density at radius 2 is 2.05 bits per heavy atom. The summed E-state index contributed by atoms with van der Waals surface area (Å²) in [5.41, 5.74) is 0.836. The SMILES string of the molecule is CCOc1ccc(CC(=O)NC2CCC(=O)NC2=O)cc1. The van der Waals surface area contributed by atoms with Gasteiger partial charge in [0, 0.05) is 6.42 Å². The second-order valence-electron chi connectivity index (χ2n) is 4.82. The third-order valence-electron chi connectivity index (χ3n) is 3.17. The molecule has 1 aliphatic heterocycles. The average Bonchev–Trinajstić information content (AvgIpc) is 2.44. The Labute approximate surface area is 122 Å². The van der Waals surface area contributed by atoms with Crippen molar-refractivity contribution in [2.24, 2.45) is 0 Å². The van der Waals surface area contributed by atoms with E-state index in [4.69, 9.17) is 4.74 Å². The van der Waals surface area contributed by atoms with Crippen molar-refractivity contribution in [1.29, 1.82) is 0 Å². The van der Waals surface area contributed by atoms with Crippen LogP contribution in [0.4, 0.5) is 0 Å². The molecule has 1 aromatic rings. The number of hydrogen-bond donors (Lipinski definition) is 2. The van der Waals surface area contributed by atoms with E-state index in [1.807, 2.05) is 19.1 Å². The summed E-state index contributed by atoms with van der Waals surface area (Å²) >= 11 is 0. The van der Waals surface area contributed by atoms with Crippen LogP contribution in [0.2, 0.25) is 0 Å². The highest BCUT2D eigenvalue weighted by atomic mass is 16.5. The number of carbonyl (C=O) groups excluding carboxylic acids is 3. The number of benzene rings is 1. The van der Waals surface area contributed by atoms with Crippen molar-refractivity contribution >= 4 is 17.7 Å². The first-order valence-corrected chi connectivity index (χ1v) is 6.93. The van der Waals surface area contributed by atoms with E-state index in [0.717, 1.165) is 11.3 Å². The van der Waals surface area contributed by atoms with Crippen molar-refractivity contribution < 1.29 is 19.1 Å². The topological polar surface area (TPSA) is 84.5 Å². The molecule has 1 saturated heterocycles. The number of nitrogens with one attached hydrogen (secondary N) is 2. The Balaban J connectivity index is 1.86. The van der Waals surface area contributed by atoms with E-state index in [9.17, 15) is 14.4 Å². The van der Waals surface area contributed by atoms with Crippen LogP contribution in [0.15, 0.2) is 24.3 Å². The molecule has 21 heavy (non-hydrogen) atoms. The van der Waals surface area contributed by atoms with Gasteiger partial charge in [-0.2, -0.15) is 0 Å². The molecule has 112 valence electrons. The Bertz CT molecular complexity index is 539. The minimum Gasteiger partial charge on any atom is -0.494 e. The zero-order valence-electron chi connectivity index (χ0n) is 11.8. The van der Waals surface area contributed by atoms with Crippen LogP contribution in [0.3, 0.4) is 0 Å². The molecule has 3 amide bonds. The molecule has 0 aromatic heterocycles. The molecule has 2 rings (SSSR count). The van der Waals surface area contributed by atoms with Crippen molar-refractivity contribution in [3.63, 3.8) is 0 Å². The average molecular weight is 290 g/mol. The zero-order valence-corrected chi connectivity index (χ0v) is 11.8. The molecule has 1 fully saturated rings. The molecule has 6 heteroatoms. The summed E-state index contributed by atoms with van der Waals surface area (Å²) in [6, 6.07) is 6.61. The Kier molecular flexibility index (Phi) is 4.92. The number of rotatable bonds is 5. The molecule has 2 N–H and O–H groups in total. The molecular weight excluding hydrogens is 272 g/mol. The monoisotopic (exact) mass is 290 g/mol. The summed E-state index contributed by atoms with van der Waals surface area (Å²) in [4.78, 5) is 34.5. The Morgan fingerprint density at radius 1 is 1.33 bits per heavy atom. The van der Waals surface area contributed by atoms with Gasteiger partial charge in [-0.15, -0.1) is 0 Å². The van der Waals surface area contributed by atoms with E-state index < -0.39 is 11.9 Å². The van der Waals surface area contributed by atoms with Crippen LogP contribution in [-0.4, -0.2) is 30.4 Å². The van der Waals surface area contributed by atoms with Gasteiger partial charge in [0.05, 0.1) is 13.0 Å². The van der Waals surface area contributed by atoms with E-state index in [0.29, 0.717) is 13.0 Å². The van der Waals surface area contributed by atoms with E-state index in [-0.39, 0.29) is 24.7 Å². The second kappa shape index (κ2) is 6.88. The molecular formula is C15H18N2O4. The van der Waals surface area contributed by atoms with Crippen LogP contribution < -0.4 is 15.4 Å².